The number of hydrogen-bond donors (Lipinski definition) is 0. The van der Waals surface area contributed by atoms with Crippen LogP contribution in [0.2, 0.25) is 0 Å². The molecule has 0 saturated carbocycles. The molecule has 188 valence electrons. The SMILES string of the molecule is N#Cc1cccc(N(c2ccc(C=C3C(=O)c4cc5ccccc5cc4C3=O)s2)c2cccc3ccccc23)c1. The molecule has 40 heavy (non-hydrogen) atoms. The van der Waals surface area contributed by atoms with Crippen molar-refractivity contribution in [2.75, 3.05) is 4.90 Å². The lowest BCUT2D eigenvalue weighted by molar-refractivity contribution is 0.0990. The van der Waals surface area contributed by atoms with Crippen LogP contribution in [0.4, 0.5) is 16.4 Å². The minimum atomic E-state index is -0.242. The van der Waals surface area contributed by atoms with Crippen LogP contribution in [-0.4, -0.2) is 11.6 Å². The van der Waals surface area contributed by atoms with Gasteiger partial charge in [0.25, 0.3) is 0 Å². The van der Waals surface area contributed by atoms with Crippen LogP contribution in [0.25, 0.3) is 27.6 Å². The first-order valence-electron chi connectivity index (χ1n) is 12.8. The molecule has 5 heteroatoms. The average molecular weight is 533 g/mol. The molecule has 0 amide bonds. The fourth-order valence-electron chi connectivity index (χ4n) is 5.33. The van der Waals surface area contributed by atoms with Crippen molar-refractivity contribution in [3.05, 3.63) is 142 Å². The van der Waals surface area contributed by atoms with Crippen molar-refractivity contribution < 1.29 is 9.59 Å². The van der Waals surface area contributed by atoms with Gasteiger partial charge in [-0.05, 0) is 70.8 Å². The molecule has 1 aliphatic rings. The van der Waals surface area contributed by atoms with Crippen LogP contribution in [0.5, 0.6) is 0 Å². The molecule has 0 radical (unpaired) electrons. The van der Waals surface area contributed by atoms with Crippen LogP contribution in [-0.2, 0) is 0 Å². The summed E-state index contributed by atoms with van der Waals surface area (Å²) >= 11 is 1.49. The van der Waals surface area contributed by atoms with Crippen LogP contribution in [0, 0.1) is 11.3 Å². The molecule has 0 N–H and O–H groups in total. The highest BCUT2D eigenvalue weighted by Gasteiger charge is 2.33. The highest BCUT2D eigenvalue weighted by Crippen LogP contribution is 2.43. The zero-order valence-electron chi connectivity index (χ0n) is 21.2. The van der Waals surface area contributed by atoms with E-state index in [1.165, 1.54) is 11.3 Å². The second kappa shape index (κ2) is 9.46. The number of ketones is 2. The molecule has 1 aliphatic carbocycles. The number of Topliss-reactive ketones (excluding diaryl/α,β-unsaturated/α-hetero) is 2. The Bertz CT molecular complexity index is 2020. The van der Waals surface area contributed by atoms with Gasteiger partial charge in [0.05, 0.1) is 22.9 Å². The lowest BCUT2D eigenvalue weighted by atomic mass is 10.0. The largest absolute Gasteiger partial charge is 0.301 e. The van der Waals surface area contributed by atoms with E-state index in [0.29, 0.717) is 16.7 Å². The van der Waals surface area contributed by atoms with Gasteiger partial charge in [0, 0.05) is 27.1 Å². The van der Waals surface area contributed by atoms with Crippen LogP contribution >= 0.6 is 11.3 Å². The summed E-state index contributed by atoms with van der Waals surface area (Å²) in [6, 6.07) is 39.4. The van der Waals surface area contributed by atoms with Crippen molar-refractivity contribution in [3.63, 3.8) is 0 Å². The molecular weight excluding hydrogens is 512 g/mol. The Morgan fingerprint density at radius 1 is 0.675 bits per heavy atom. The standard InChI is InChI=1S/C35H20N2O2S/c36-21-22-7-5-12-26(17-22)37(32-14-6-11-23-8-3-4-13-28(23)32)33-16-15-27(40-33)20-31-34(38)29-18-24-9-1-2-10-25(24)19-30(29)35(31)39/h1-20H. The summed E-state index contributed by atoms with van der Waals surface area (Å²) in [6.45, 7) is 0. The molecule has 0 fully saturated rings. The van der Waals surface area contributed by atoms with Crippen molar-refractivity contribution in [2.45, 2.75) is 0 Å². The normalized spacial score (nSPS) is 12.5. The third-order valence-electron chi connectivity index (χ3n) is 7.22. The molecular formula is C35H20N2O2S. The van der Waals surface area contributed by atoms with Crippen molar-refractivity contribution in [3.8, 4) is 6.07 Å². The minimum Gasteiger partial charge on any atom is -0.301 e. The Kier molecular flexibility index (Phi) is 5.62. The van der Waals surface area contributed by atoms with E-state index < -0.39 is 0 Å². The molecule has 6 aromatic rings. The fourth-order valence-corrected chi connectivity index (χ4v) is 6.31. The number of thiophene rings is 1. The second-order valence-electron chi connectivity index (χ2n) is 9.63. The summed E-state index contributed by atoms with van der Waals surface area (Å²) in [4.78, 5) is 29.6. The second-order valence-corrected chi connectivity index (χ2v) is 10.7. The van der Waals surface area contributed by atoms with Gasteiger partial charge in [-0.25, -0.2) is 0 Å². The highest BCUT2D eigenvalue weighted by atomic mass is 32.1. The summed E-state index contributed by atoms with van der Waals surface area (Å²) in [6.07, 6.45) is 1.70. The maximum Gasteiger partial charge on any atom is 0.197 e. The predicted octanol–water partition coefficient (Wildman–Crippen LogP) is 8.86. The summed E-state index contributed by atoms with van der Waals surface area (Å²) in [7, 11) is 0. The molecule has 0 bridgehead atoms. The smallest absolute Gasteiger partial charge is 0.197 e. The van der Waals surface area contributed by atoms with Crippen LogP contribution in [0.15, 0.2) is 121 Å². The Balaban J connectivity index is 1.33. The Morgan fingerprint density at radius 3 is 2.05 bits per heavy atom. The zero-order chi connectivity index (χ0) is 27.2. The number of carbonyl (C=O) groups excluding carboxylic acids is 2. The number of hydrogen-bond acceptors (Lipinski definition) is 5. The lowest BCUT2D eigenvalue weighted by Gasteiger charge is -2.25. The Hall–Kier alpha value is -5.31. The van der Waals surface area contributed by atoms with Crippen molar-refractivity contribution >= 4 is 66.9 Å². The third-order valence-corrected chi connectivity index (χ3v) is 8.24. The number of nitrogens with zero attached hydrogens (tertiary/aromatic N) is 2. The van der Waals surface area contributed by atoms with E-state index >= 15 is 0 Å². The van der Waals surface area contributed by atoms with Crippen LogP contribution < -0.4 is 4.90 Å². The Morgan fingerprint density at radius 2 is 1.32 bits per heavy atom. The number of nitriles is 1. The molecule has 0 atom stereocenters. The molecule has 5 aromatic carbocycles. The molecule has 7 rings (SSSR count). The maximum atomic E-state index is 13.3. The van der Waals surface area contributed by atoms with E-state index in [2.05, 4.69) is 35.2 Å². The number of benzene rings is 5. The molecule has 4 nitrogen and oxygen atoms in total. The molecule has 1 aromatic heterocycles. The molecule has 1 heterocycles. The van der Waals surface area contributed by atoms with Crippen LogP contribution in [0.1, 0.15) is 31.2 Å². The first-order chi connectivity index (χ1) is 19.6. The first kappa shape index (κ1) is 23.8. The molecule has 0 spiro atoms. The van der Waals surface area contributed by atoms with E-state index in [4.69, 9.17) is 0 Å². The van der Waals surface area contributed by atoms with E-state index in [0.717, 1.165) is 42.8 Å². The number of carbonyl (C=O) groups is 2. The van der Waals surface area contributed by atoms with Crippen molar-refractivity contribution in [2.24, 2.45) is 0 Å². The van der Waals surface area contributed by atoms with Gasteiger partial charge in [-0.2, -0.15) is 5.26 Å². The maximum absolute atomic E-state index is 13.3. The van der Waals surface area contributed by atoms with E-state index in [9.17, 15) is 14.9 Å². The predicted molar refractivity (Wildman–Crippen MR) is 162 cm³/mol. The quantitative estimate of drug-likeness (QED) is 0.168. The highest BCUT2D eigenvalue weighted by molar-refractivity contribution is 7.17. The number of fused-ring (bicyclic) bond motifs is 3. The van der Waals surface area contributed by atoms with E-state index in [1.54, 1.807) is 12.1 Å². The summed E-state index contributed by atoms with van der Waals surface area (Å²) < 4.78 is 0. The number of allylic oxidation sites excluding steroid dienone is 1. The van der Waals surface area contributed by atoms with Crippen molar-refractivity contribution in [1.29, 1.82) is 5.26 Å². The topological polar surface area (TPSA) is 61.2 Å². The monoisotopic (exact) mass is 532 g/mol. The van der Waals surface area contributed by atoms with Gasteiger partial charge < -0.3 is 4.90 Å². The molecule has 0 aliphatic heterocycles. The Labute approximate surface area is 234 Å². The molecule has 0 saturated heterocycles. The van der Waals surface area contributed by atoms with Gasteiger partial charge in [0.1, 0.15) is 5.00 Å². The van der Waals surface area contributed by atoms with Gasteiger partial charge >= 0.3 is 0 Å². The summed E-state index contributed by atoms with van der Waals surface area (Å²) in [5, 5.41) is 14.5. The fraction of sp³-hybridized carbons (Fsp3) is 0. The van der Waals surface area contributed by atoms with Crippen LogP contribution in [0.3, 0.4) is 0 Å². The summed E-state index contributed by atoms with van der Waals surface area (Å²) in [5.74, 6) is -0.485. The number of rotatable bonds is 4. The average Bonchev–Trinajstić information content (AvgIpc) is 3.55. The van der Waals surface area contributed by atoms with E-state index in [-0.39, 0.29) is 17.1 Å². The summed E-state index contributed by atoms with van der Waals surface area (Å²) in [5.41, 5.74) is 3.48. The van der Waals surface area contributed by atoms with Crippen molar-refractivity contribution in [1.82, 2.24) is 0 Å². The van der Waals surface area contributed by atoms with Gasteiger partial charge in [0.15, 0.2) is 11.6 Å². The number of anilines is 3. The zero-order valence-corrected chi connectivity index (χ0v) is 22.0. The van der Waals surface area contributed by atoms with Gasteiger partial charge in [-0.1, -0.05) is 66.7 Å². The first-order valence-corrected chi connectivity index (χ1v) is 13.6. The third kappa shape index (κ3) is 3.90. The van der Waals surface area contributed by atoms with Gasteiger partial charge in [0.2, 0.25) is 0 Å². The van der Waals surface area contributed by atoms with Gasteiger partial charge in [-0.3, -0.25) is 9.59 Å². The molecule has 0 unspecified atom stereocenters. The minimum absolute atomic E-state index is 0.182. The van der Waals surface area contributed by atoms with E-state index in [1.807, 2.05) is 84.9 Å². The lowest BCUT2D eigenvalue weighted by Crippen LogP contribution is -2.09. The van der Waals surface area contributed by atoms with Gasteiger partial charge in [-0.15, -0.1) is 11.3 Å².